The van der Waals surface area contributed by atoms with E-state index in [1.807, 2.05) is 16.2 Å². The SMILES string of the molecule is Cn1cncc1Cn1cc(C(=O)O)cc1Br. The average molecular weight is 284 g/mol. The van der Waals surface area contributed by atoms with Crippen molar-refractivity contribution in [3.63, 3.8) is 0 Å². The molecule has 1 N–H and O–H groups in total. The van der Waals surface area contributed by atoms with Gasteiger partial charge in [-0.15, -0.1) is 0 Å². The maximum atomic E-state index is 10.8. The van der Waals surface area contributed by atoms with Gasteiger partial charge in [0.05, 0.1) is 28.7 Å². The van der Waals surface area contributed by atoms with Crippen molar-refractivity contribution in [1.82, 2.24) is 14.1 Å². The zero-order chi connectivity index (χ0) is 11.7. The lowest BCUT2D eigenvalue weighted by Crippen LogP contribution is -2.03. The molecule has 0 fully saturated rings. The Kier molecular flexibility index (Phi) is 2.82. The van der Waals surface area contributed by atoms with Crippen LogP contribution in [-0.4, -0.2) is 25.2 Å². The fraction of sp³-hybridized carbons (Fsp3) is 0.200. The number of imidazole rings is 1. The van der Waals surface area contributed by atoms with E-state index in [9.17, 15) is 4.79 Å². The molecule has 2 rings (SSSR count). The number of carboxylic acids is 1. The van der Waals surface area contributed by atoms with Crippen LogP contribution in [0.3, 0.4) is 0 Å². The molecule has 0 saturated heterocycles. The number of carboxylic acid groups (broad SMARTS) is 1. The van der Waals surface area contributed by atoms with E-state index in [2.05, 4.69) is 20.9 Å². The first-order valence-corrected chi connectivity index (χ1v) is 5.41. The lowest BCUT2D eigenvalue weighted by Gasteiger charge is -2.05. The van der Waals surface area contributed by atoms with Crippen LogP contribution < -0.4 is 0 Å². The van der Waals surface area contributed by atoms with Crippen LogP contribution >= 0.6 is 15.9 Å². The summed E-state index contributed by atoms with van der Waals surface area (Å²) < 4.78 is 4.46. The number of aromatic nitrogens is 3. The van der Waals surface area contributed by atoms with Gasteiger partial charge in [0.1, 0.15) is 0 Å². The van der Waals surface area contributed by atoms with E-state index in [4.69, 9.17) is 5.11 Å². The first kappa shape index (κ1) is 10.9. The Hall–Kier alpha value is -1.56. The van der Waals surface area contributed by atoms with Gasteiger partial charge in [-0.25, -0.2) is 9.78 Å². The topological polar surface area (TPSA) is 60.0 Å². The van der Waals surface area contributed by atoms with E-state index >= 15 is 0 Å². The number of carbonyl (C=O) groups is 1. The minimum Gasteiger partial charge on any atom is -0.478 e. The first-order valence-electron chi connectivity index (χ1n) is 4.62. The standard InChI is InChI=1S/C10H10BrN3O2/c1-13-6-12-3-8(13)5-14-4-7(10(15)16)2-9(14)11/h2-4,6H,5H2,1H3,(H,15,16). The van der Waals surface area contributed by atoms with E-state index in [0.29, 0.717) is 6.54 Å². The van der Waals surface area contributed by atoms with Gasteiger partial charge < -0.3 is 14.2 Å². The third-order valence-corrected chi connectivity index (χ3v) is 3.02. The molecule has 0 aliphatic carbocycles. The minimum atomic E-state index is -0.926. The van der Waals surface area contributed by atoms with Crippen LogP contribution in [0.5, 0.6) is 0 Å². The van der Waals surface area contributed by atoms with Crippen molar-refractivity contribution in [3.05, 3.63) is 40.6 Å². The molecule has 0 bridgehead atoms. The number of nitrogens with zero attached hydrogens (tertiary/aromatic N) is 3. The van der Waals surface area contributed by atoms with Crippen LogP contribution in [0, 0.1) is 0 Å². The predicted octanol–water partition coefficient (Wildman–Crippen LogP) is 1.73. The molecule has 0 amide bonds. The van der Waals surface area contributed by atoms with Crippen LogP contribution in [0.2, 0.25) is 0 Å². The maximum Gasteiger partial charge on any atom is 0.337 e. The Bertz CT molecular complexity index is 530. The van der Waals surface area contributed by atoms with Gasteiger partial charge in [0.25, 0.3) is 0 Å². The Morgan fingerprint density at radius 2 is 2.38 bits per heavy atom. The number of hydrogen-bond acceptors (Lipinski definition) is 2. The molecule has 6 heteroatoms. The summed E-state index contributed by atoms with van der Waals surface area (Å²) in [6, 6.07) is 1.58. The number of aromatic carboxylic acids is 1. The predicted molar refractivity (Wildman–Crippen MR) is 61.4 cm³/mol. The van der Waals surface area contributed by atoms with Gasteiger partial charge in [0, 0.05) is 19.4 Å². The van der Waals surface area contributed by atoms with E-state index in [-0.39, 0.29) is 5.56 Å². The maximum absolute atomic E-state index is 10.8. The number of rotatable bonds is 3. The summed E-state index contributed by atoms with van der Waals surface area (Å²) in [4.78, 5) is 14.8. The summed E-state index contributed by atoms with van der Waals surface area (Å²) in [6.07, 6.45) is 5.07. The molecule has 5 nitrogen and oxygen atoms in total. The van der Waals surface area contributed by atoms with Gasteiger partial charge in [0.15, 0.2) is 0 Å². The lowest BCUT2D eigenvalue weighted by molar-refractivity contribution is 0.0697. The van der Waals surface area contributed by atoms with Gasteiger partial charge >= 0.3 is 5.97 Å². The van der Waals surface area contributed by atoms with Crippen molar-refractivity contribution < 1.29 is 9.90 Å². The Morgan fingerprint density at radius 3 is 2.88 bits per heavy atom. The van der Waals surface area contributed by atoms with Crippen LogP contribution in [0.15, 0.2) is 29.4 Å². The normalized spacial score (nSPS) is 10.6. The molecule has 2 heterocycles. The number of halogens is 1. The van der Waals surface area contributed by atoms with Gasteiger partial charge in [0.2, 0.25) is 0 Å². The molecule has 0 saturated carbocycles. The van der Waals surface area contributed by atoms with Crippen LogP contribution in [-0.2, 0) is 13.6 Å². The minimum absolute atomic E-state index is 0.272. The summed E-state index contributed by atoms with van der Waals surface area (Å²) >= 11 is 3.33. The molecule has 0 aromatic carbocycles. The molecule has 0 unspecified atom stereocenters. The largest absolute Gasteiger partial charge is 0.478 e. The Labute approximate surface area is 100 Å². The average Bonchev–Trinajstić information content (AvgIpc) is 2.76. The lowest BCUT2D eigenvalue weighted by atomic mass is 10.3. The highest BCUT2D eigenvalue weighted by atomic mass is 79.9. The molecule has 0 spiro atoms. The van der Waals surface area contributed by atoms with Crippen molar-refractivity contribution in [3.8, 4) is 0 Å². The zero-order valence-corrected chi connectivity index (χ0v) is 10.2. The summed E-state index contributed by atoms with van der Waals surface area (Å²) in [6.45, 7) is 0.588. The quantitative estimate of drug-likeness (QED) is 0.933. The summed E-state index contributed by atoms with van der Waals surface area (Å²) in [7, 11) is 1.90. The van der Waals surface area contributed by atoms with E-state index in [0.717, 1.165) is 10.3 Å². The number of aryl methyl sites for hydroxylation is 1. The third-order valence-electron chi connectivity index (χ3n) is 2.34. The molecule has 0 aliphatic rings. The van der Waals surface area contributed by atoms with E-state index in [1.165, 1.54) is 0 Å². The fourth-order valence-corrected chi connectivity index (χ4v) is 1.90. The summed E-state index contributed by atoms with van der Waals surface area (Å²) in [5.74, 6) is -0.926. The van der Waals surface area contributed by atoms with Crippen molar-refractivity contribution in [2.45, 2.75) is 6.54 Å². The van der Waals surface area contributed by atoms with Crippen molar-refractivity contribution in [2.75, 3.05) is 0 Å². The van der Waals surface area contributed by atoms with Crippen LogP contribution in [0.25, 0.3) is 0 Å². The number of hydrogen-bond donors (Lipinski definition) is 1. The Morgan fingerprint density at radius 1 is 1.62 bits per heavy atom. The molecule has 16 heavy (non-hydrogen) atoms. The third kappa shape index (κ3) is 2.01. The second-order valence-corrected chi connectivity index (χ2v) is 4.29. The molecular formula is C10H10BrN3O2. The molecule has 2 aromatic rings. The highest BCUT2D eigenvalue weighted by Crippen LogP contribution is 2.17. The van der Waals surface area contributed by atoms with Crippen LogP contribution in [0.4, 0.5) is 0 Å². The van der Waals surface area contributed by atoms with Crippen molar-refractivity contribution >= 4 is 21.9 Å². The van der Waals surface area contributed by atoms with Gasteiger partial charge in [-0.1, -0.05) is 0 Å². The fourth-order valence-electron chi connectivity index (χ4n) is 1.43. The second-order valence-electron chi connectivity index (χ2n) is 3.48. The highest BCUT2D eigenvalue weighted by molar-refractivity contribution is 9.10. The molecule has 2 aromatic heterocycles. The monoisotopic (exact) mass is 283 g/mol. The molecule has 0 radical (unpaired) electrons. The Balaban J connectivity index is 2.28. The van der Waals surface area contributed by atoms with Gasteiger partial charge in [-0.05, 0) is 22.0 Å². The molecular weight excluding hydrogens is 274 g/mol. The zero-order valence-electron chi connectivity index (χ0n) is 8.59. The summed E-state index contributed by atoms with van der Waals surface area (Å²) in [5, 5.41) is 8.85. The van der Waals surface area contributed by atoms with E-state index in [1.54, 1.807) is 24.8 Å². The first-order chi connectivity index (χ1) is 7.58. The van der Waals surface area contributed by atoms with E-state index < -0.39 is 5.97 Å². The summed E-state index contributed by atoms with van der Waals surface area (Å²) in [5.41, 5.74) is 1.28. The molecule has 0 atom stereocenters. The molecule has 0 aliphatic heterocycles. The van der Waals surface area contributed by atoms with Crippen molar-refractivity contribution in [1.29, 1.82) is 0 Å². The van der Waals surface area contributed by atoms with Crippen molar-refractivity contribution in [2.24, 2.45) is 7.05 Å². The van der Waals surface area contributed by atoms with Gasteiger partial charge in [-0.2, -0.15) is 0 Å². The smallest absolute Gasteiger partial charge is 0.337 e. The van der Waals surface area contributed by atoms with Crippen LogP contribution in [0.1, 0.15) is 16.1 Å². The highest BCUT2D eigenvalue weighted by Gasteiger charge is 2.10. The molecule has 84 valence electrons. The second kappa shape index (κ2) is 4.13. The van der Waals surface area contributed by atoms with Gasteiger partial charge in [-0.3, -0.25) is 0 Å².